The highest BCUT2D eigenvalue weighted by Gasteiger charge is 2.48. The molecule has 3 aliphatic rings. The van der Waals surface area contributed by atoms with E-state index < -0.39 is 11.2 Å². The van der Waals surface area contributed by atoms with Gasteiger partial charge in [0.05, 0.1) is 13.2 Å². The second-order valence-corrected chi connectivity index (χ2v) is 8.38. The van der Waals surface area contributed by atoms with E-state index in [2.05, 4.69) is 6.07 Å². The van der Waals surface area contributed by atoms with Crippen molar-refractivity contribution in [2.24, 2.45) is 5.41 Å². The zero-order valence-electron chi connectivity index (χ0n) is 16.4. The third kappa shape index (κ3) is 3.05. The Morgan fingerprint density at radius 3 is 2.37 bits per heavy atom. The van der Waals surface area contributed by atoms with Crippen LogP contribution >= 0.6 is 0 Å². The van der Waals surface area contributed by atoms with Crippen LogP contribution in [0, 0.1) is 5.41 Å². The number of fused-ring (bicyclic) bond motifs is 1. The van der Waals surface area contributed by atoms with Gasteiger partial charge in [0, 0.05) is 37.7 Å². The summed E-state index contributed by atoms with van der Waals surface area (Å²) < 4.78 is 11.5. The largest absolute Gasteiger partial charge is 0.347 e. The van der Waals surface area contributed by atoms with Gasteiger partial charge in [-0.25, -0.2) is 0 Å². The van der Waals surface area contributed by atoms with Crippen LogP contribution in [0.3, 0.4) is 0 Å². The molecule has 3 heterocycles. The molecule has 0 aromatic heterocycles. The van der Waals surface area contributed by atoms with Gasteiger partial charge in [0.2, 0.25) is 11.8 Å². The molecule has 27 heavy (non-hydrogen) atoms. The molecule has 0 saturated carbocycles. The fourth-order valence-electron chi connectivity index (χ4n) is 4.50. The van der Waals surface area contributed by atoms with Gasteiger partial charge < -0.3 is 19.3 Å². The molecule has 2 fully saturated rings. The Morgan fingerprint density at radius 2 is 1.70 bits per heavy atom. The number of hydrogen-bond donors (Lipinski definition) is 0. The normalized spacial score (nSPS) is 24.3. The number of rotatable bonds is 2. The molecular weight excluding hydrogens is 344 g/mol. The van der Waals surface area contributed by atoms with Crippen molar-refractivity contribution in [1.29, 1.82) is 0 Å². The molecule has 1 spiro atoms. The number of amides is 2. The smallest absolute Gasteiger partial charge is 0.242 e. The summed E-state index contributed by atoms with van der Waals surface area (Å²) in [7, 11) is 0. The molecule has 1 aromatic carbocycles. The Hall–Kier alpha value is -1.92. The molecule has 2 amide bonds. The maximum absolute atomic E-state index is 13.4. The molecule has 1 atom stereocenters. The van der Waals surface area contributed by atoms with Crippen molar-refractivity contribution in [2.45, 2.75) is 51.9 Å². The monoisotopic (exact) mass is 372 g/mol. The van der Waals surface area contributed by atoms with Crippen molar-refractivity contribution < 1.29 is 19.1 Å². The van der Waals surface area contributed by atoms with E-state index in [4.69, 9.17) is 9.47 Å². The average molecular weight is 372 g/mol. The standard InChI is InChI=1S/C21H28N2O4/c1-15-14-16-6-4-5-7-17(16)23(15)19(25)20(2,3)18(24)22-10-8-21(9-11-22)26-12-13-27-21/h4-7,15H,8-14H2,1-3H3. The SMILES string of the molecule is CC1Cc2ccccc2N1C(=O)C(C)(C)C(=O)N1CCC2(CC1)OCCO2. The van der Waals surface area contributed by atoms with E-state index in [1.165, 1.54) is 0 Å². The molecule has 3 aliphatic heterocycles. The fraction of sp³-hybridized carbons (Fsp3) is 0.619. The minimum absolute atomic E-state index is 0.0619. The molecular formula is C21H28N2O4. The number of benzene rings is 1. The van der Waals surface area contributed by atoms with Crippen molar-refractivity contribution >= 4 is 17.5 Å². The van der Waals surface area contributed by atoms with Crippen LogP contribution in [0.5, 0.6) is 0 Å². The van der Waals surface area contributed by atoms with Crippen LogP contribution in [0.15, 0.2) is 24.3 Å². The minimum Gasteiger partial charge on any atom is -0.347 e. The summed E-state index contributed by atoms with van der Waals surface area (Å²) >= 11 is 0. The third-order valence-corrected chi connectivity index (χ3v) is 6.12. The number of anilines is 1. The lowest BCUT2D eigenvalue weighted by Gasteiger charge is -2.41. The predicted molar refractivity (Wildman–Crippen MR) is 101 cm³/mol. The minimum atomic E-state index is -1.10. The highest BCUT2D eigenvalue weighted by molar-refractivity contribution is 6.12. The van der Waals surface area contributed by atoms with E-state index >= 15 is 0 Å². The maximum Gasteiger partial charge on any atom is 0.242 e. The van der Waals surface area contributed by atoms with Gasteiger partial charge in [0.25, 0.3) is 0 Å². The van der Waals surface area contributed by atoms with E-state index in [1.54, 1.807) is 18.7 Å². The van der Waals surface area contributed by atoms with Crippen molar-refractivity contribution in [3.8, 4) is 0 Å². The topological polar surface area (TPSA) is 59.1 Å². The van der Waals surface area contributed by atoms with E-state index in [0.717, 1.165) is 17.7 Å². The second-order valence-electron chi connectivity index (χ2n) is 8.38. The highest BCUT2D eigenvalue weighted by atomic mass is 16.7. The van der Waals surface area contributed by atoms with Gasteiger partial charge in [0.15, 0.2) is 5.79 Å². The first-order chi connectivity index (χ1) is 12.8. The Balaban J connectivity index is 1.49. The number of nitrogens with zero attached hydrogens (tertiary/aromatic N) is 2. The summed E-state index contributed by atoms with van der Waals surface area (Å²) in [4.78, 5) is 30.2. The van der Waals surface area contributed by atoms with Crippen LogP contribution in [-0.2, 0) is 25.5 Å². The Morgan fingerprint density at radius 1 is 1.07 bits per heavy atom. The number of piperidine rings is 1. The number of para-hydroxylation sites is 1. The quantitative estimate of drug-likeness (QED) is 0.748. The Labute approximate surface area is 160 Å². The first-order valence-electron chi connectivity index (χ1n) is 9.83. The van der Waals surface area contributed by atoms with Gasteiger partial charge in [-0.2, -0.15) is 0 Å². The Bertz CT molecular complexity index is 744. The number of hydrogen-bond acceptors (Lipinski definition) is 4. The third-order valence-electron chi connectivity index (χ3n) is 6.12. The molecule has 0 radical (unpaired) electrons. The van der Waals surface area contributed by atoms with Gasteiger partial charge in [-0.1, -0.05) is 18.2 Å². The van der Waals surface area contributed by atoms with Gasteiger partial charge in [-0.05, 0) is 38.8 Å². The van der Waals surface area contributed by atoms with Gasteiger partial charge in [0.1, 0.15) is 5.41 Å². The predicted octanol–water partition coefficient (Wildman–Crippen LogP) is 2.36. The zero-order valence-corrected chi connectivity index (χ0v) is 16.4. The fourth-order valence-corrected chi connectivity index (χ4v) is 4.50. The van der Waals surface area contributed by atoms with Crippen molar-refractivity contribution in [1.82, 2.24) is 4.90 Å². The van der Waals surface area contributed by atoms with Crippen LogP contribution < -0.4 is 4.90 Å². The van der Waals surface area contributed by atoms with Gasteiger partial charge in [-0.15, -0.1) is 0 Å². The second kappa shape index (κ2) is 6.60. The number of carbonyl (C=O) groups excluding carboxylic acids is 2. The average Bonchev–Trinajstić information content (AvgIpc) is 3.24. The summed E-state index contributed by atoms with van der Waals surface area (Å²) in [5, 5.41) is 0. The molecule has 6 nitrogen and oxygen atoms in total. The summed E-state index contributed by atoms with van der Waals surface area (Å²) in [6.07, 6.45) is 2.14. The van der Waals surface area contributed by atoms with Crippen LogP contribution in [-0.4, -0.2) is 54.8 Å². The zero-order chi connectivity index (χ0) is 19.2. The molecule has 6 heteroatoms. The summed E-state index contributed by atoms with van der Waals surface area (Å²) in [6.45, 7) is 7.88. The van der Waals surface area contributed by atoms with Crippen molar-refractivity contribution in [3.63, 3.8) is 0 Å². The summed E-state index contributed by atoms with van der Waals surface area (Å²) in [6, 6.07) is 8.02. The van der Waals surface area contributed by atoms with Crippen LogP contribution in [0.2, 0.25) is 0 Å². The summed E-state index contributed by atoms with van der Waals surface area (Å²) in [5.41, 5.74) is 0.992. The molecule has 1 unspecified atom stereocenters. The van der Waals surface area contributed by atoms with E-state index in [1.807, 2.05) is 30.0 Å². The highest BCUT2D eigenvalue weighted by Crippen LogP contribution is 2.37. The van der Waals surface area contributed by atoms with Gasteiger partial charge >= 0.3 is 0 Å². The lowest BCUT2D eigenvalue weighted by atomic mass is 9.88. The van der Waals surface area contributed by atoms with Crippen molar-refractivity contribution in [2.75, 3.05) is 31.2 Å². The van der Waals surface area contributed by atoms with Crippen LogP contribution in [0.1, 0.15) is 39.2 Å². The molecule has 4 rings (SSSR count). The number of carbonyl (C=O) groups is 2. The lowest BCUT2D eigenvalue weighted by molar-refractivity contribution is -0.189. The first-order valence-corrected chi connectivity index (χ1v) is 9.83. The van der Waals surface area contributed by atoms with E-state index in [-0.39, 0.29) is 17.9 Å². The summed E-state index contributed by atoms with van der Waals surface area (Å²) in [5.74, 6) is -0.761. The van der Waals surface area contributed by atoms with E-state index in [0.29, 0.717) is 39.1 Å². The first kappa shape index (κ1) is 18.4. The Kier molecular flexibility index (Phi) is 4.51. The van der Waals surface area contributed by atoms with Crippen LogP contribution in [0.25, 0.3) is 0 Å². The number of likely N-dealkylation sites (tertiary alicyclic amines) is 1. The van der Waals surface area contributed by atoms with Crippen molar-refractivity contribution in [3.05, 3.63) is 29.8 Å². The molecule has 0 aliphatic carbocycles. The lowest BCUT2D eigenvalue weighted by Crippen LogP contribution is -2.55. The van der Waals surface area contributed by atoms with Gasteiger partial charge in [-0.3, -0.25) is 9.59 Å². The molecule has 0 N–H and O–H groups in total. The maximum atomic E-state index is 13.4. The number of ether oxygens (including phenoxy) is 2. The molecule has 0 bridgehead atoms. The van der Waals surface area contributed by atoms with Crippen LogP contribution in [0.4, 0.5) is 5.69 Å². The molecule has 2 saturated heterocycles. The van der Waals surface area contributed by atoms with E-state index in [9.17, 15) is 9.59 Å². The molecule has 1 aromatic rings. The molecule has 146 valence electrons.